The number of carbonyl (C=O) groups is 1. The second-order valence-electron chi connectivity index (χ2n) is 6.67. The highest BCUT2D eigenvalue weighted by molar-refractivity contribution is 7.97. The first-order chi connectivity index (χ1) is 14.3. The number of carbonyl (C=O) groups excluding carboxylic acids is 1. The highest BCUT2D eigenvalue weighted by Gasteiger charge is 2.27. The zero-order chi connectivity index (χ0) is 21.7. The number of allylic oxidation sites excluding steroid dienone is 4. The maximum atomic E-state index is 12.9. The first-order valence-corrected chi connectivity index (χ1v) is 10.9. The molecule has 0 saturated heterocycles. The molecule has 2 aromatic carbocycles. The summed E-state index contributed by atoms with van der Waals surface area (Å²) in [6.45, 7) is 1.95. The van der Waals surface area contributed by atoms with Gasteiger partial charge >= 0.3 is 0 Å². The molecule has 1 atom stereocenters. The summed E-state index contributed by atoms with van der Waals surface area (Å²) in [4.78, 5) is 12.6. The molecule has 1 aliphatic carbocycles. The molecule has 3 rings (SSSR count). The molecular formula is C22H22N4O3S. The van der Waals surface area contributed by atoms with Crippen molar-refractivity contribution in [3.63, 3.8) is 0 Å². The lowest BCUT2D eigenvalue weighted by molar-refractivity contribution is 0.0936. The Kier molecular flexibility index (Phi) is 6.27. The van der Waals surface area contributed by atoms with Crippen LogP contribution in [0.5, 0.6) is 0 Å². The molecule has 1 amide bonds. The molecule has 4 N–H and O–H groups in total. The third-order valence-electron chi connectivity index (χ3n) is 4.65. The second kappa shape index (κ2) is 8.87. The zero-order valence-electron chi connectivity index (χ0n) is 16.3. The third-order valence-corrected chi connectivity index (χ3v) is 6.06. The van der Waals surface area contributed by atoms with E-state index in [1.165, 1.54) is 30.4 Å². The molecule has 0 bridgehead atoms. The number of para-hydroxylation sites is 1. The quantitative estimate of drug-likeness (QED) is 0.507. The van der Waals surface area contributed by atoms with Crippen molar-refractivity contribution in [1.29, 1.82) is 10.8 Å². The predicted octanol–water partition coefficient (Wildman–Crippen LogP) is 3.80. The Morgan fingerprint density at radius 3 is 2.40 bits per heavy atom. The maximum Gasteiger partial charge on any atom is 0.264 e. The van der Waals surface area contributed by atoms with Crippen LogP contribution in [0, 0.1) is 10.8 Å². The molecule has 0 aliphatic heterocycles. The molecule has 7 nitrogen and oxygen atoms in total. The molecule has 0 fully saturated rings. The molecule has 0 saturated carbocycles. The summed E-state index contributed by atoms with van der Waals surface area (Å²) in [7, 11) is -4.15. The van der Waals surface area contributed by atoms with E-state index >= 15 is 0 Å². The highest BCUT2D eigenvalue weighted by atomic mass is 32.2. The normalized spacial score (nSPS) is 14.8. The summed E-state index contributed by atoms with van der Waals surface area (Å²) in [6.07, 6.45) is 4.67. The Morgan fingerprint density at radius 1 is 1.03 bits per heavy atom. The van der Waals surface area contributed by atoms with Crippen molar-refractivity contribution in [3.8, 4) is 0 Å². The second-order valence-corrected chi connectivity index (χ2v) is 8.33. The van der Waals surface area contributed by atoms with Gasteiger partial charge in [0.15, 0.2) is 0 Å². The lowest BCUT2D eigenvalue weighted by Crippen LogP contribution is -2.30. The molecule has 30 heavy (non-hydrogen) atoms. The van der Waals surface area contributed by atoms with Crippen molar-refractivity contribution >= 4 is 33.0 Å². The van der Waals surface area contributed by atoms with Crippen molar-refractivity contribution in [2.24, 2.45) is 0 Å². The number of nitrogens with one attached hydrogen (secondary N) is 4. The first-order valence-electron chi connectivity index (χ1n) is 9.37. The van der Waals surface area contributed by atoms with E-state index < -0.39 is 21.6 Å². The molecule has 1 aliphatic rings. The molecule has 1 unspecified atom stereocenters. The minimum Gasteiger partial charge on any atom is -0.345 e. The van der Waals surface area contributed by atoms with Gasteiger partial charge in [0.1, 0.15) is 4.91 Å². The molecule has 0 heterocycles. The fraction of sp³-hybridized carbons (Fsp3) is 0.136. The van der Waals surface area contributed by atoms with Crippen LogP contribution in [-0.2, 0) is 10.0 Å². The molecule has 8 heteroatoms. The number of benzene rings is 2. The number of amides is 1. The van der Waals surface area contributed by atoms with Crippen molar-refractivity contribution in [2.75, 3.05) is 4.72 Å². The van der Waals surface area contributed by atoms with E-state index in [0.717, 1.165) is 5.56 Å². The summed E-state index contributed by atoms with van der Waals surface area (Å²) in [5, 5.41) is 18.5. The SMILES string of the molecule is CCC(NC(=O)c1ccccc1NS(=O)(=O)C1=CC=CC(=N)C1=N)c1ccccc1. The predicted molar refractivity (Wildman–Crippen MR) is 119 cm³/mol. The summed E-state index contributed by atoms with van der Waals surface area (Å²) < 4.78 is 28.0. The summed E-state index contributed by atoms with van der Waals surface area (Å²) in [5.74, 6) is -0.413. The van der Waals surface area contributed by atoms with Gasteiger partial charge in [0, 0.05) is 0 Å². The minimum absolute atomic E-state index is 0.104. The smallest absolute Gasteiger partial charge is 0.264 e. The van der Waals surface area contributed by atoms with Gasteiger partial charge in [-0.2, -0.15) is 0 Å². The van der Waals surface area contributed by atoms with Crippen LogP contribution in [0.2, 0.25) is 0 Å². The number of rotatable bonds is 7. The van der Waals surface area contributed by atoms with E-state index in [1.54, 1.807) is 12.1 Å². The Morgan fingerprint density at radius 2 is 1.70 bits per heavy atom. The van der Waals surface area contributed by atoms with E-state index in [2.05, 4.69) is 10.0 Å². The van der Waals surface area contributed by atoms with Gasteiger partial charge in [0.2, 0.25) is 0 Å². The van der Waals surface area contributed by atoms with E-state index in [1.807, 2.05) is 37.3 Å². The van der Waals surface area contributed by atoms with Crippen molar-refractivity contribution < 1.29 is 13.2 Å². The van der Waals surface area contributed by atoms with Gasteiger partial charge in [-0.3, -0.25) is 20.3 Å². The Hall–Kier alpha value is -3.52. The lowest BCUT2D eigenvalue weighted by Gasteiger charge is -2.19. The summed E-state index contributed by atoms with van der Waals surface area (Å²) in [6, 6.07) is 15.6. The van der Waals surface area contributed by atoms with Crippen LogP contribution < -0.4 is 10.0 Å². The monoisotopic (exact) mass is 422 g/mol. The van der Waals surface area contributed by atoms with Crippen LogP contribution >= 0.6 is 0 Å². The standard InChI is InChI=1S/C22H22N4O3S/c1-2-18(15-9-4-3-5-10-15)25-22(27)16-11-6-7-13-19(16)26-30(28,29)20-14-8-12-17(23)21(20)24/h3-14,18,23-24,26H,2H2,1H3,(H,25,27). The fourth-order valence-corrected chi connectivity index (χ4v) is 4.28. The fourth-order valence-electron chi connectivity index (χ4n) is 3.07. The van der Waals surface area contributed by atoms with Gasteiger partial charge in [-0.1, -0.05) is 55.5 Å². The van der Waals surface area contributed by atoms with E-state index in [-0.39, 0.29) is 27.9 Å². The molecular weight excluding hydrogens is 400 g/mol. The average molecular weight is 423 g/mol. The van der Waals surface area contributed by atoms with Crippen LogP contribution in [0.3, 0.4) is 0 Å². The zero-order valence-corrected chi connectivity index (χ0v) is 17.2. The van der Waals surface area contributed by atoms with Gasteiger partial charge in [0.05, 0.1) is 28.7 Å². The Labute approximate surface area is 175 Å². The van der Waals surface area contributed by atoms with Gasteiger partial charge in [0.25, 0.3) is 15.9 Å². The minimum atomic E-state index is -4.15. The molecule has 154 valence electrons. The van der Waals surface area contributed by atoms with E-state index in [9.17, 15) is 13.2 Å². The van der Waals surface area contributed by atoms with Crippen molar-refractivity contribution in [2.45, 2.75) is 19.4 Å². The van der Waals surface area contributed by atoms with E-state index in [0.29, 0.717) is 6.42 Å². The van der Waals surface area contributed by atoms with Crippen LogP contribution in [0.15, 0.2) is 77.7 Å². The average Bonchev–Trinajstić information content (AvgIpc) is 2.74. The number of hydrogen-bond donors (Lipinski definition) is 4. The first kappa shape index (κ1) is 21.2. The van der Waals surface area contributed by atoms with Gasteiger partial charge < -0.3 is 5.32 Å². The number of anilines is 1. The van der Waals surface area contributed by atoms with Crippen molar-refractivity contribution in [1.82, 2.24) is 5.32 Å². The third kappa shape index (κ3) is 4.55. The number of hydrogen-bond acceptors (Lipinski definition) is 5. The lowest BCUT2D eigenvalue weighted by atomic mass is 10.0. The summed E-state index contributed by atoms with van der Waals surface area (Å²) >= 11 is 0. The van der Waals surface area contributed by atoms with Gasteiger partial charge in [-0.25, -0.2) is 8.42 Å². The molecule has 0 radical (unpaired) electrons. The molecule has 2 aromatic rings. The van der Waals surface area contributed by atoms with Crippen LogP contribution in [0.4, 0.5) is 5.69 Å². The Bertz CT molecular complexity index is 1150. The Balaban J connectivity index is 1.86. The molecule has 0 aromatic heterocycles. The molecule has 0 spiro atoms. The van der Waals surface area contributed by atoms with Crippen LogP contribution in [0.1, 0.15) is 35.3 Å². The van der Waals surface area contributed by atoms with Crippen molar-refractivity contribution in [3.05, 3.63) is 88.9 Å². The maximum absolute atomic E-state index is 12.9. The number of sulfonamides is 1. The van der Waals surface area contributed by atoms with Crippen LogP contribution in [-0.4, -0.2) is 25.7 Å². The van der Waals surface area contributed by atoms with E-state index in [4.69, 9.17) is 10.8 Å². The summed E-state index contributed by atoms with van der Waals surface area (Å²) in [5.41, 5.74) is 0.633. The van der Waals surface area contributed by atoms with Gasteiger partial charge in [-0.15, -0.1) is 0 Å². The topological polar surface area (TPSA) is 123 Å². The van der Waals surface area contributed by atoms with Crippen LogP contribution in [0.25, 0.3) is 0 Å². The highest BCUT2D eigenvalue weighted by Crippen LogP contribution is 2.23. The largest absolute Gasteiger partial charge is 0.345 e. The van der Waals surface area contributed by atoms with Gasteiger partial charge in [-0.05, 0) is 36.3 Å².